The second kappa shape index (κ2) is 8.97. The van der Waals surface area contributed by atoms with Crippen LogP contribution < -0.4 is 0 Å². The first kappa shape index (κ1) is 21.8. The van der Waals surface area contributed by atoms with Gasteiger partial charge in [-0.2, -0.15) is 4.31 Å². The van der Waals surface area contributed by atoms with Crippen molar-refractivity contribution in [3.8, 4) is 0 Å². The SMILES string of the molecule is Cc1ccc(S(=O)(=O)N2CCN(CC(=O)N3CCC[C@@H]4CCCC[C@@H]43)CC2)cc1C. The molecule has 2 atom stereocenters. The van der Waals surface area contributed by atoms with Gasteiger partial charge >= 0.3 is 0 Å². The van der Waals surface area contributed by atoms with Crippen LogP contribution in [-0.4, -0.2) is 73.7 Å². The van der Waals surface area contributed by atoms with Crippen LogP contribution in [0.3, 0.4) is 0 Å². The number of sulfonamides is 1. The lowest BCUT2D eigenvalue weighted by Crippen LogP contribution is -2.55. The van der Waals surface area contributed by atoms with Crippen LogP contribution in [0.4, 0.5) is 0 Å². The van der Waals surface area contributed by atoms with Crippen LogP contribution in [0.25, 0.3) is 0 Å². The van der Waals surface area contributed by atoms with Gasteiger partial charge in [-0.15, -0.1) is 0 Å². The summed E-state index contributed by atoms with van der Waals surface area (Å²) in [6.45, 7) is 7.33. The molecule has 0 N–H and O–H groups in total. The third-order valence-electron chi connectivity index (χ3n) is 7.37. The summed E-state index contributed by atoms with van der Waals surface area (Å²) in [6.07, 6.45) is 7.35. The van der Waals surface area contributed by atoms with Crippen molar-refractivity contribution in [2.24, 2.45) is 5.92 Å². The van der Waals surface area contributed by atoms with Crippen LogP contribution in [0, 0.1) is 19.8 Å². The highest BCUT2D eigenvalue weighted by Crippen LogP contribution is 2.35. The first-order valence-electron chi connectivity index (χ1n) is 11.5. The summed E-state index contributed by atoms with van der Waals surface area (Å²) in [5.41, 5.74) is 2.08. The number of benzene rings is 1. The van der Waals surface area contributed by atoms with E-state index in [0.29, 0.717) is 49.6 Å². The number of hydrogen-bond donors (Lipinski definition) is 0. The Labute approximate surface area is 181 Å². The molecule has 1 amide bonds. The molecule has 0 bridgehead atoms. The van der Waals surface area contributed by atoms with E-state index in [1.54, 1.807) is 16.4 Å². The van der Waals surface area contributed by atoms with Crippen molar-refractivity contribution in [3.05, 3.63) is 29.3 Å². The molecule has 3 aliphatic rings. The number of aryl methyl sites for hydroxylation is 2. The molecule has 7 heteroatoms. The van der Waals surface area contributed by atoms with Gasteiger partial charge in [-0.05, 0) is 68.7 Å². The van der Waals surface area contributed by atoms with E-state index in [1.165, 1.54) is 25.7 Å². The van der Waals surface area contributed by atoms with Crippen LogP contribution in [0.5, 0.6) is 0 Å². The molecule has 0 unspecified atom stereocenters. The van der Waals surface area contributed by atoms with E-state index >= 15 is 0 Å². The zero-order valence-corrected chi connectivity index (χ0v) is 19.2. The number of fused-ring (bicyclic) bond motifs is 1. The molecule has 30 heavy (non-hydrogen) atoms. The van der Waals surface area contributed by atoms with E-state index in [2.05, 4.69) is 9.80 Å². The van der Waals surface area contributed by atoms with Gasteiger partial charge in [-0.3, -0.25) is 9.69 Å². The Morgan fingerprint density at radius 1 is 0.933 bits per heavy atom. The lowest BCUT2D eigenvalue weighted by Gasteiger charge is -2.45. The summed E-state index contributed by atoms with van der Waals surface area (Å²) in [7, 11) is -3.48. The molecule has 2 saturated heterocycles. The summed E-state index contributed by atoms with van der Waals surface area (Å²) in [5.74, 6) is 0.925. The molecular formula is C23H35N3O3S. The van der Waals surface area contributed by atoms with Crippen molar-refractivity contribution in [1.82, 2.24) is 14.1 Å². The van der Waals surface area contributed by atoms with Crippen LogP contribution in [0.1, 0.15) is 49.7 Å². The van der Waals surface area contributed by atoms with Crippen molar-refractivity contribution in [2.75, 3.05) is 39.3 Å². The average molecular weight is 434 g/mol. The lowest BCUT2D eigenvalue weighted by atomic mass is 9.78. The predicted molar refractivity (Wildman–Crippen MR) is 118 cm³/mol. The number of nitrogens with zero attached hydrogens (tertiary/aromatic N) is 3. The number of likely N-dealkylation sites (tertiary alicyclic amines) is 1. The summed E-state index contributed by atoms with van der Waals surface area (Å²) in [5, 5.41) is 0. The summed E-state index contributed by atoms with van der Waals surface area (Å²) in [6, 6.07) is 5.77. The standard InChI is InChI=1S/C23H35N3O3S/c1-18-9-10-21(16-19(18)2)30(28,29)25-14-12-24(13-15-25)17-23(27)26-11-5-7-20-6-3-4-8-22(20)26/h9-10,16,20,22H,3-8,11-15,17H2,1-2H3/t20-,22-/m0/s1. The maximum Gasteiger partial charge on any atom is 0.243 e. The van der Waals surface area contributed by atoms with Gasteiger partial charge in [0.2, 0.25) is 15.9 Å². The second-order valence-electron chi connectivity index (χ2n) is 9.27. The number of hydrogen-bond acceptors (Lipinski definition) is 4. The van der Waals surface area contributed by atoms with Crippen molar-refractivity contribution in [1.29, 1.82) is 0 Å². The van der Waals surface area contributed by atoms with Gasteiger partial charge in [0.25, 0.3) is 0 Å². The normalized spacial score (nSPS) is 26.4. The van der Waals surface area contributed by atoms with Gasteiger partial charge in [-0.25, -0.2) is 8.42 Å². The smallest absolute Gasteiger partial charge is 0.243 e. The highest BCUT2D eigenvalue weighted by molar-refractivity contribution is 7.89. The zero-order chi connectivity index (χ0) is 21.3. The molecule has 1 saturated carbocycles. The number of carbonyl (C=O) groups is 1. The fourth-order valence-corrected chi connectivity index (χ4v) is 6.88. The minimum atomic E-state index is -3.48. The number of piperidine rings is 1. The Kier molecular flexibility index (Phi) is 6.51. The van der Waals surface area contributed by atoms with Crippen molar-refractivity contribution in [2.45, 2.75) is 63.3 Å². The number of amides is 1. The van der Waals surface area contributed by atoms with Crippen LogP contribution in [0.2, 0.25) is 0 Å². The first-order chi connectivity index (χ1) is 14.4. The Morgan fingerprint density at radius 3 is 2.37 bits per heavy atom. The molecule has 1 aliphatic carbocycles. The molecule has 0 aromatic heterocycles. The van der Waals surface area contributed by atoms with Crippen molar-refractivity contribution in [3.63, 3.8) is 0 Å². The summed E-state index contributed by atoms with van der Waals surface area (Å²) < 4.78 is 27.6. The lowest BCUT2D eigenvalue weighted by molar-refractivity contribution is -0.139. The monoisotopic (exact) mass is 433 g/mol. The predicted octanol–water partition coefficient (Wildman–Crippen LogP) is 2.79. The van der Waals surface area contributed by atoms with Crippen LogP contribution in [0.15, 0.2) is 23.1 Å². The molecule has 166 valence electrons. The third-order valence-corrected chi connectivity index (χ3v) is 9.26. The molecule has 2 aliphatic heterocycles. The Bertz CT molecular complexity index is 876. The van der Waals surface area contributed by atoms with E-state index in [1.807, 2.05) is 19.9 Å². The Balaban J connectivity index is 1.34. The molecule has 0 spiro atoms. The number of piperazine rings is 1. The minimum Gasteiger partial charge on any atom is -0.338 e. The molecule has 2 heterocycles. The fraction of sp³-hybridized carbons (Fsp3) is 0.696. The van der Waals surface area contributed by atoms with Crippen molar-refractivity contribution >= 4 is 15.9 Å². The third kappa shape index (κ3) is 4.43. The summed E-state index contributed by atoms with van der Waals surface area (Å²) >= 11 is 0. The average Bonchev–Trinajstić information content (AvgIpc) is 2.75. The van der Waals surface area contributed by atoms with Gasteiger partial charge < -0.3 is 4.90 Å². The maximum atomic E-state index is 13.0. The first-order valence-corrected chi connectivity index (χ1v) is 12.9. The largest absolute Gasteiger partial charge is 0.338 e. The second-order valence-corrected chi connectivity index (χ2v) is 11.2. The quantitative estimate of drug-likeness (QED) is 0.733. The highest BCUT2D eigenvalue weighted by atomic mass is 32.2. The zero-order valence-electron chi connectivity index (χ0n) is 18.3. The van der Waals surface area contributed by atoms with Gasteiger partial charge in [0.05, 0.1) is 11.4 Å². The van der Waals surface area contributed by atoms with E-state index in [4.69, 9.17) is 0 Å². The van der Waals surface area contributed by atoms with Crippen LogP contribution >= 0.6 is 0 Å². The Hall–Kier alpha value is -1.44. The molecule has 3 fully saturated rings. The molecule has 4 rings (SSSR count). The van der Waals surface area contributed by atoms with Gasteiger partial charge in [0, 0.05) is 38.8 Å². The van der Waals surface area contributed by atoms with E-state index in [9.17, 15) is 13.2 Å². The van der Waals surface area contributed by atoms with E-state index < -0.39 is 10.0 Å². The van der Waals surface area contributed by atoms with Crippen LogP contribution in [-0.2, 0) is 14.8 Å². The van der Waals surface area contributed by atoms with Gasteiger partial charge in [-0.1, -0.05) is 18.9 Å². The van der Waals surface area contributed by atoms with E-state index in [-0.39, 0.29) is 5.91 Å². The summed E-state index contributed by atoms with van der Waals surface area (Å²) in [4.78, 5) is 17.7. The topological polar surface area (TPSA) is 60.9 Å². The molecule has 1 aromatic carbocycles. The van der Waals surface area contributed by atoms with Gasteiger partial charge in [0.15, 0.2) is 0 Å². The Morgan fingerprint density at radius 2 is 1.63 bits per heavy atom. The fourth-order valence-electron chi connectivity index (χ4n) is 5.37. The molecule has 0 radical (unpaired) electrons. The molecule has 6 nitrogen and oxygen atoms in total. The van der Waals surface area contributed by atoms with Crippen molar-refractivity contribution < 1.29 is 13.2 Å². The minimum absolute atomic E-state index is 0.233. The number of rotatable bonds is 4. The highest BCUT2D eigenvalue weighted by Gasteiger charge is 2.36. The molecular weight excluding hydrogens is 398 g/mol. The van der Waals surface area contributed by atoms with Gasteiger partial charge in [0.1, 0.15) is 0 Å². The number of carbonyl (C=O) groups excluding carboxylic acids is 1. The molecule has 1 aromatic rings. The van der Waals surface area contributed by atoms with E-state index in [0.717, 1.165) is 30.5 Å². The maximum absolute atomic E-state index is 13.0.